The highest BCUT2D eigenvalue weighted by atomic mass is 32.2. The Morgan fingerprint density at radius 3 is 2.28 bits per heavy atom. The Hall–Kier alpha value is -1.41. The summed E-state index contributed by atoms with van der Waals surface area (Å²) >= 11 is 1.69. The van der Waals surface area contributed by atoms with Gasteiger partial charge in [0.15, 0.2) is 0 Å². The van der Waals surface area contributed by atoms with Gasteiger partial charge < -0.3 is 4.90 Å². The average molecular weight is 380 g/mol. The first-order valence-corrected chi connectivity index (χ1v) is 11.3. The van der Waals surface area contributed by atoms with Crippen molar-refractivity contribution < 1.29 is 8.42 Å². The molecule has 0 unspecified atom stereocenters. The molecule has 3 rings (SSSR count). The molecule has 0 saturated carbocycles. The van der Waals surface area contributed by atoms with E-state index in [0.717, 1.165) is 26.2 Å². The smallest absolute Gasteiger partial charge is 0.209 e. The molecule has 0 radical (unpaired) electrons. The predicted molar refractivity (Wildman–Crippen MR) is 105 cm³/mol. The van der Waals surface area contributed by atoms with E-state index in [1.165, 1.54) is 16.8 Å². The Labute approximate surface area is 154 Å². The second-order valence-corrected chi connectivity index (χ2v) is 9.26. The maximum absolute atomic E-state index is 11.7. The van der Waals surface area contributed by atoms with Gasteiger partial charge in [-0.05, 0) is 30.5 Å². The Kier molecular flexibility index (Phi) is 5.78. The number of hydrogen-bond acceptors (Lipinski definition) is 5. The van der Waals surface area contributed by atoms with Crippen molar-refractivity contribution in [2.24, 2.45) is 0 Å². The summed E-state index contributed by atoms with van der Waals surface area (Å²) in [6.45, 7) is 5.66. The normalized spacial score (nSPS) is 18.9. The van der Waals surface area contributed by atoms with E-state index < -0.39 is 10.0 Å². The number of piperazine rings is 1. The second kappa shape index (κ2) is 7.86. The summed E-state index contributed by atoms with van der Waals surface area (Å²) in [6.07, 6.45) is 1.22. The molecule has 1 aromatic heterocycles. The van der Waals surface area contributed by atoms with E-state index in [4.69, 9.17) is 0 Å². The van der Waals surface area contributed by atoms with Crippen molar-refractivity contribution >= 4 is 27.0 Å². The topological polar surface area (TPSA) is 52.7 Å². The van der Waals surface area contributed by atoms with Crippen LogP contribution in [0.25, 0.3) is 0 Å². The third kappa shape index (κ3) is 4.82. The minimum absolute atomic E-state index is 0.0626. The lowest BCUT2D eigenvalue weighted by Crippen LogP contribution is -2.52. The van der Waals surface area contributed by atoms with E-state index in [2.05, 4.69) is 50.2 Å². The Balaban J connectivity index is 1.72. The number of anilines is 1. The summed E-state index contributed by atoms with van der Waals surface area (Å²) in [5.74, 6) is 0. The fourth-order valence-electron chi connectivity index (χ4n) is 3.50. The molecule has 25 heavy (non-hydrogen) atoms. The van der Waals surface area contributed by atoms with E-state index in [9.17, 15) is 8.42 Å². The molecule has 1 aliphatic rings. The van der Waals surface area contributed by atoms with Gasteiger partial charge >= 0.3 is 0 Å². The Bertz CT molecular complexity index is 755. The summed E-state index contributed by atoms with van der Waals surface area (Å²) in [5.41, 5.74) is 1.25. The number of para-hydroxylation sites is 1. The number of thiophene rings is 1. The quantitative estimate of drug-likeness (QED) is 0.838. The standard InChI is InChI=1S/C18H25N3O2S2/c1-15(19-25(2,22)23)18(17-9-6-14-24-17)21-12-10-20(11-13-21)16-7-4-3-5-8-16/h3-9,14-15,18-19H,10-13H2,1-2H3/t15-,18+/m1/s1. The van der Waals surface area contributed by atoms with E-state index in [1.54, 1.807) is 11.3 Å². The van der Waals surface area contributed by atoms with E-state index in [0.29, 0.717) is 0 Å². The lowest BCUT2D eigenvalue weighted by Gasteiger charge is -2.42. The number of nitrogens with one attached hydrogen (secondary N) is 1. The third-order valence-electron chi connectivity index (χ3n) is 4.54. The van der Waals surface area contributed by atoms with Crippen LogP contribution in [0.1, 0.15) is 17.8 Å². The molecule has 2 atom stereocenters. The van der Waals surface area contributed by atoms with Gasteiger partial charge in [0.1, 0.15) is 0 Å². The fraction of sp³-hybridized carbons (Fsp3) is 0.444. The van der Waals surface area contributed by atoms with Gasteiger partial charge in [0.05, 0.1) is 12.3 Å². The maximum Gasteiger partial charge on any atom is 0.209 e. The van der Waals surface area contributed by atoms with Crippen LogP contribution in [0.4, 0.5) is 5.69 Å². The zero-order valence-electron chi connectivity index (χ0n) is 14.6. The molecule has 0 spiro atoms. The highest BCUT2D eigenvalue weighted by Gasteiger charge is 2.31. The van der Waals surface area contributed by atoms with Crippen LogP contribution in [0, 0.1) is 0 Å². The lowest BCUT2D eigenvalue weighted by molar-refractivity contribution is 0.164. The minimum atomic E-state index is -3.23. The number of rotatable bonds is 6. The highest BCUT2D eigenvalue weighted by Crippen LogP contribution is 2.30. The molecule has 136 valence electrons. The summed E-state index contributed by atoms with van der Waals surface area (Å²) in [6, 6.07) is 14.5. The van der Waals surface area contributed by atoms with Crippen molar-refractivity contribution in [1.29, 1.82) is 0 Å². The summed E-state index contributed by atoms with van der Waals surface area (Å²) < 4.78 is 26.2. The molecule has 0 bridgehead atoms. The maximum atomic E-state index is 11.7. The van der Waals surface area contributed by atoms with Crippen LogP contribution < -0.4 is 9.62 Å². The third-order valence-corrected chi connectivity index (χ3v) is 6.28. The van der Waals surface area contributed by atoms with Gasteiger partial charge in [0.25, 0.3) is 0 Å². The first-order valence-electron chi connectivity index (χ1n) is 8.49. The summed E-state index contributed by atoms with van der Waals surface area (Å²) in [4.78, 5) is 5.99. The van der Waals surface area contributed by atoms with Gasteiger partial charge in [0, 0.05) is 42.8 Å². The van der Waals surface area contributed by atoms with Crippen molar-refractivity contribution in [1.82, 2.24) is 9.62 Å². The lowest BCUT2D eigenvalue weighted by atomic mass is 10.1. The van der Waals surface area contributed by atoms with Crippen molar-refractivity contribution in [3.8, 4) is 0 Å². The van der Waals surface area contributed by atoms with Crippen LogP contribution in [-0.2, 0) is 10.0 Å². The number of benzene rings is 1. The zero-order valence-corrected chi connectivity index (χ0v) is 16.3. The fourth-order valence-corrected chi connectivity index (χ4v) is 5.27. The SMILES string of the molecule is C[C@@H](NS(C)(=O)=O)[C@@H](c1cccs1)N1CCN(c2ccccc2)CC1. The van der Waals surface area contributed by atoms with Crippen molar-refractivity contribution in [2.75, 3.05) is 37.3 Å². The van der Waals surface area contributed by atoms with Gasteiger partial charge in [0.2, 0.25) is 10.0 Å². The Morgan fingerprint density at radius 2 is 1.72 bits per heavy atom. The van der Waals surface area contributed by atoms with E-state index >= 15 is 0 Å². The van der Waals surface area contributed by atoms with Crippen molar-refractivity contribution in [3.05, 3.63) is 52.7 Å². The molecular formula is C18H25N3O2S2. The summed E-state index contributed by atoms with van der Waals surface area (Å²) in [5, 5.41) is 2.05. The highest BCUT2D eigenvalue weighted by molar-refractivity contribution is 7.88. The summed E-state index contributed by atoms with van der Waals surface area (Å²) in [7, 11) is -3.23. The van der Waals surface area contributed by atoms with Crippen LogP contribution in [0.5, 0.6) is 0 Å². The molecule has 0 aliphatic carbocycles. The van der Waals surface area contributed by atoms with Crippen LogP contribution >= 0.6 is 11.3 Å². The second-order valence-electron chi connectivity index (χ2n) is 6.50. The molecule has 0 amide bonds. The molecular weight excluding hydrogens is 354 g/mol. The number of nitrogens with zero attached hydrogens (tertiary/aromatic N) is 2. The van der Waals surface area contributed by atoms with Gasteiger partial charge in [-0.15, -0.1) is 11.3 Å². The predicted octanol–water partition coefficient (Wildman–Crippen LogP) is 2.55. The number of hydrogen-bond donors (Lipinski definition) is 1. The van der Waals surface area contributed by atoms with E-state index in [-0.39, 0.29) is 12.1 Å². The molecule has 2 aromatic rings. The molecule has 1 aliphatic heterocycles. The van der Waals surface area contributed by atoms with Crippen molar-refractivity contribution in [2.45, 2.75) is 19.0 Å². The average Bonchev–Trinajstić information content (AvgIpc) is 3.09. The molecule has 1 fully saturated rings. The van der Waals surface area contributed by atoms with Gasteiger partial charge in [-0.1, -0.05) is 24.3 Å². The first-order chi connectivity index (χ1) is 11.9. The molecule has 1 N–H and O–H groups in total. The largest absolute Gasteiger partial charge is 0.369 e. The zero-order chi connectivity index (χ0) is 17.9. The van der Waals surface area contributed by atoms with Crippen LogP contribution in [0.3, 0.4) is 0 Å². The minimum Gasteiger partial charge on any atom is -0.369 e. The van der Waals surface area contributed by atoms with Gasteiger partial charge in [-0.3, -0.25) is 4.90 Å². The van der Waals surface area contributed by atoms with Crippen molar-refractivity contribution in [3.63, 3.8) is 0 Å². The van der Waals surface area contributed by atoms with Gasteiger partial charge in [-0.25, -0.2) is 13.1 Å². The van der Waals surface area contributed by atoms with Gasteiger partial charge in [-0.2, -0.15) is 0 Å². The monoisotopic (exact) mass is 379 g/mol. The van der Waals surface area contributed by atoms with Crippen LogP contribution in [0.2, 0.25) is 0 Å². The molecule has 7 heteroatoms. The Morgan fingerprint density at radius 1 is 1.04 bits per heavy atom. The molecule has 2 heterocycles. The van der Waals surface area contributed by atoms with Crippen LogP contribution in [-0.4, -0.2) is 51.8 Å². The molecule has 1 saturated heterocycles. The molecule has 1 aromatic carbocycles. The molecule has 5 nitrogen and oxygen atoms in total. The van der Waals surface area contributed by atoms with E-state index in [1.807, 2.05) is 19.1 Å². The van der Waals surface area contributed by atoms with Crippen LogP contribution in [0.15, 0.2) is 47.8 Å². The number of sulfonamides is 1. The first kappa shape index (κ1) is 18.4.